The topological polar surface area (TPSA) is 37.8 Å². The predicted octanol–water partition coefficient (Wildman–Crippen LogP) is 3.50. The van der Waals surface area contributed by atoms with Crippen LogP contribution in [0.25, 0.3) is 0 Å². The van der Waals surface area contributed by atoms with Crippen LogP contribution in [0.3, 0.4) is 0 Å². The Kier molecular flexibility index (Phi) is 4.51. The fraction of sp³-hybridized carbons (Fsp3) is 0.846. The van der Waals surface area contributed by atoms with Gasteiger partial charge in [-0.3, -0.25) is 0 Å². The van der Waals surface area contributed by atoms with Crippen LogP contribution in [0.1, 0.15) is 68.4 Å². The molecule has 4 heteroatoms. The molecule has 0 spiro atoms. The highest BCUT2D eigenvalue weighted by Gasteiger charge is 2.23. The van der Waals surface area contributed by atoms with Gasteiger partial charge in [-0.25, -0.2) is 0 Å². The summed E-state index contributed by atoms with van der Waals surface area (Å²) in [6.45, 7) is 7.63. The van der Waals surface area contributed by atoms with Crippen molar-refractivity contribution in [3.63, 3.8) is 0 Å². The molecule has 0 saturated heterocycles. The summed E-state index contributed by atoms with van der Waals surface area (Å²) >= 11 is 1.80. The predicted molar refractivity (Wildman–Crippen MR) is 72.4 cm³/mol. The first-order chi connectivity index (χ1) is 8.20. The minimum atomic E-state index is 0.341. The SMILES string of the molecule is CCNC(C)c1nnc(C2CCC(C)CC2)s1. The lowest BCUT2D eigenvalue weighted by Gasteiger charge is -2.23. The minimum absolute atomic E-state index is 0.341. The summed E-state index contributed by atoms with van der Waals surface area (Å²) in [6, 6.07) is 0.341. The van der Waals surface area contributed by atoms with E-state index in [1.54, 1.807) is 11.3 Å². The van der Waals surface area contributed by atoms with Gasteiger partial charge < -0.3 is 5.32 Å². The van der Waals surface area contributed by atoms with Gasteiger partial charge in [-0.05, 0) is 32.2 Å². The molecule has 1 N–H and O–H groups in total. The lowest BCUT2D eigenvalue weighted by molar-refractivity contribution is 0.346. The van der Waals surface area contributed by atoms with Gasteiger partial charge in [0.2, 0.25) is 0 Å². The average Bonchev–Trinajstić information content (AvgIpc) is 2.80. The number of hydrogen-bond donors (Lipinski definition) is 1. The van der Waals surface area contributed by atoms with E-state index in [0.717, 1.165) is 17.5 Å². The first-order valence-corrected chi connectivity index (χ1v) is 7.59. The van der Waals surface area contributed by atoms with Gasteiger partial charge in [0.1, 0.15) is 10.0 Å². The van der Waals surface area contributed by atoms with E-state index in [-0.39, 0.29) is 0 Å². The van der Waals surface area contributed by atoms with Crippen molar-refractivity contribution >= 4 is 11.3 Å². The Bertz CT molecular complexity index is 342. The molecule has 1 aliphatic carbocycles. The highest BCUT2D eigenvalue weighted by molar-refractivity contribution is 7.11. The van der Waals surface area contributed by atoms with Crippen LogP contribution in [0.2, 0.25) is 0 Å². The maximum Gasteiger partial charge on any atom is 0.134 e. The lowest BCUT2D eigenvalue weighted by atomic mass is 9.83. The first-order valence-electron chi connectivity index (χ1n) is 6.77. The number of hydrogen-bond acceptors (Lipinski definition) is 4. The number of nitrogens with zero attached hydrogens (tertiary/aromatic N) is 2. The second kappa shape index (κ2) is 5.91. The molecule has 0 bridgehead atoms. The standard InChI is InChI=1S/C13H23N3S/c1-4-14-10(3)12-15-16-13(17-12)11-7-5-9(2)6-8-11/h9-11,14H,4-8H2,1-3H3. The van der Waals surface area contributed by atoms with Gasteiger partial charge in [-0.1, -0.05) is 38.0 Å². The van der Waals surface area contributed by atoms with Crippen LogP contribution in [0, 0.1) is 5.92 Å². The van der Waals surface area contributed by atoms with E-state index >= 15 is 0 Å². The van der Waals surface area contributed by atoms with Gasteiger partial charge in [-0.15, -0.1) is 10.2 Å². The van der Waals surface area contributed by atoms with Crippen LogP contribution in [-0.2, 0) is 0 Å². The molecule has 1 aromatic rings. The van der Waals surface area contributed by atoms with Crippen molar-refractivity contribution in [1.29, 1.82) is 0 Å². The van der Waals surface area contributed by atoms with Gasteiger partial charge >= 0.3 is 0 Å². The Morgan fingerprint density at radius 2 is 2.00 bits per heavy atom. The fourth-order valence-electron chi connectivity index (χ4n) is 2.49. The molecule has 1 heterocycles. The van der Waals surface area contributed by atoms with Crippen LogP contribution >= 0.6 is 11.3 Å². The van der Waals surface area contributed by atoms with Crippen LogP contribution in [0.5, 0.6) is 0 Å². The van der Waals surface area contributed by atoms with E-state index < -0.39 is 0 Å². The van der Waals surface area contributed by atoms with E-state index in [0.29, 0.717) is 12.0 Å². The minimum Gasteiger partial charge on any atom is -0.308 e. The van der Waals surface area contributed by atoms with Crippen molar-refractivity contribution in [1.82, 2.24) is 15.5 Å². The summed E-state index contributed by atoms with van der Waals surface area (Å²) in [5.41, 5.74) is 0. The number of aromatic nitrogens is 2. The molecule has 1 aromatic heterocycles. The van der Waals surface area contributed by atoms with Crippen molar-refractivity contribution in [2.45, 2.75) is 58.4 Å². The Morgan fingerprint density at radius 1 is 1.29 bits per heavy atom. The van der Waals surface area contributed by atoms with E-state index in [9.17, 15) is 0 Å². The first kappa shape index (κ1) is 13.0. The Morgan fingerprint density at radius 3 is 2.65 bits per heavy atom. The summed E-state index contributed by atoms with van der Waals surface area (Å²) in [4.78, 5) is 0. The van der Waals surface area contributed by atoms with Crippen molar-refractivity contribution in [2.24, 2.45) is 5.92 Å². The maximum absolute atomic E-state index is 4.40. The second-order valence-corrected chi connectivity index (χ2v) is 6.26. The zero-order valence-electron chi connectivity index (χ0n) is 11.1. The number of rotatable bonds is 4. The molecule has 1 saturated carbocycles. The smallest absolute Gasteiger partial charge is 0.134 e. The summed E-state index contributed by atoms with van der Waals surface area (Å²) in [5, 5.41) is 14.5. The van der Waals surface area contributed by atoms with Crippen LogP contribution < -0.4 is 5.32 Å². The van der Waals surface area contributed by atoms with Crippen molar-refractivity contribution < 1.29 is 0 Å². The van der Waals surface area contributed by atoms with Crippen molar-refractivity contribution in [2.75, 3.05) is 6.54 Å². The zero-order valence-corrected chi connectivity index (χ0v) is 11.9. The molecule has 0 radical (unpaired) electrons. The third-order valence-electron chi connectivity index (χ3n) is 3.70. The molecule has 1 unspecified atom stereocenters. The van der Waals surface area contributed by atoms with Gasteiger partial charge in [0.25, 0.3) is 0 Å². The molecular formula is C13H23N3S. The third-order valence-corrected chi connectivity index (χ3v) is 4.97. The summed E-state index contributed by atoms with van der Waals surface area (Å²) < 4.78 is 0. The Balaban J connectivity index is 1.98. The maximum atomic E-state index is 4.40. The van der Waals surface area contributed by atoms with Gasteiger partial charge in [0.05, 0.1) is 6.04 Å². The molecular weight excluding hydrogens is 230 g/mol. The van der Waals surface area contributed by atoms with Crippen molar-refractivity contribution in [3.05, 3.63) is 10.0 Å². The van der Waals surface area contributed by atoms with E-state index in [4.69, 9.17) is 0 Å². The fourth-order valence-corrected chi connectivity index (χ4v) is 3.53. The molecule has 17 heavy (non-hydrogen) atoms. The average molecular weight is 253 g/mol. The molecule has 3 nitrogen and oxygen atoms in total. The van der Waals surface area contributed by atoms with Gasteiger partial charge in [0.15, 0.2) is 0 Å². The van der Waals surface area contributed by atoms with Gasteiger partial charge in [-0.2, -0.15) is 0 Å². The molecule has 1 atom stereocenters. The summed E-state index contributed by atoms with van der Waals surface area (Å²) in [7, 11) is 0. The van der Waals surface area contributed by atoms with Crippen molar-refractivity contribution in [3.8, 4) is 0 Å². The van der Waals surface area contributed by atoms with Crippen LogP contribution in [0.4, 0.5) is 0 Å². The molecule has 0 aromatic carbocycles. The monoisotopic (exact) mass is 253 g/mol. The van der Waals surface area contributed by atoms with E-state index in [1.165, 1.54) is 30.7 Å². The Labute approximate surface area is 108 Å². The zero-order chi connectivity index (χ0) is 12.3. The lowest BCUT2D eigenvalue weighted by Crippen LogP contribution is -2.17. The van der Waals surface area contributed by atoms with Crippen LogP contribution in [0.15, 0.2) is 0 Å². The van der Waals surface area contributed by atoms with Crippen LogP contribution in [-0.4, -0.2) is 16.7 Å². The normalized spacial score (nSPS) is 27.0. The quantitative estimate of drug-likeness (QED) is 0.892. The Hall–Kier alpha value is -0.480. The molecule has 0 aliphatic heterocycles. The molecule has 1 fully saturated rings. The molecule has 1 aliphatic rings. The summed E-state index contributed by atoms with van der Waals surface area (Å²) in [6.07, 6.45) is 5.29. The molecule has 0 amide bonds. The number of nitrogens with one attached hydrogen (secondary N) is 1. The van der Waals surface area contributed by atoms with Gasteiger partial charge in [0, 0.05) is 5.92 Å². The largest absolute Gasteiger partial charge is 0.308 e. The third kappa shape index (κ3) is 3.26. The highest BCUT2D eigenvalue weighted by atomic mass is 32.1. The second-order valence-electron chi connectivity index (χ2n) is 5.21. The van der Waals surface area contributed by atoms with E-state index in [2.05, 4.69) is 36.3 Å². The molecule has 2 rings (SSSR count). The summed E-state index contributed by atoms with van der Waals surface area (Å²) in [5.74, 6) is 1.57. The highest BCUT2D eigenvalue weighted by Crippen LogP contribution is 2.37. The van der Waals surface area contributed by atoms with E-state index in [1.807, 2.05) is 0 Å². The molecule has 96 valence electrons.